The van der Waals surface area contributed by atoms with Crippen molar-refractivity contribution in [2.45, 2.75) is 20.3 Å². The number of hydrogen-bond donors (Lipinski definition) is 0. The maximum Gasteiger partial charge on any atom is 0.204 e. The molecule has 1 fully saturated rings. The number of rotatable bonds is 5. The fraction of sp³-hybridized carbons (Fsp3) is 0.250. The van der Waals surface area contributed by atoms with Crippen LogP contribution >= 0.6 is 11.3 Å². The van der Waals surface area contributed by atoms with Crippen molar-refractivity contribution in [3.8, 4) is 11.1 Å². The van der Waals surface area contributed by atoms with Crippen molar-refractivity contribution in [1.29, 1.82) is 0 Å². The van der Waals surface area contributed by atoms with Gasteiger partial charge in [0, 0.05) is 30.1 Å². The third-order valence-corrected chi connectivity index (χ3v) is 7.10. The van der Waals surface area contributed by atoms with E-state index in [1.165, 1.54) is 17.4 Å². The zero-order valence-electron chi connectivity index (χ0n) is 19.3. The molecule has 6 heteroatoms. The molecule has 174 valence electrons. The summed E-state index contributed by atoms with van der Waals surface area (Å²) >= 11 is 1.41. The van der Waals surface area contributed by atoms with Crippen molar-refractivity contribution in [2.75, 3.05) is 31.2 Å². The van der Waals surface area contributed by atoms with Crippen LogP contribution in [0, 0.1) is 12.7 Å². The smallest absolute Gasteiger partial charge is 0.204 e. The molecular weight excluding hydrogens is 449 g/mol. The van der Waals surface area contributed by atoms with Gasteiger partial charge < -0.3 is 14.1 Å². The summed E-state index contributed by atoms with van der Waals surface area (Å²) in [6, 6.07) is 14.7. The minimum absolute atomic E-state index is 0.0244. The van der Waals surface area contributed by atoms with Crippen LogP contribution in [-0.4, -0.2) is 26.3 Å². The number of thiophene rings is 1. The Kier molecular flexibility index (Phi) is 6.35. The molecule has 5 rings (SSSR count). The molecule has 34 heavy (non-hydrogen) atoms. The molecule has 0 atom stereocenters. The number of benzene rings is 2. The van der Waals surface area contributed by atoms with Crippen molar-refractivity contribution in [3.05, 3.63) is 92.7 Å². The predicted molar refractivity (Wildman–Crippen MR) is 137 cm³/mol. The van der Waals surface area contributed by atoms with Gasteiger partial charge in [0.1, 0.15) is 10.5 Å². The van der Waals surface area contributed by atoms with E-state index in [4.69, 9.17) is 9.15 Å². The summed E-state index contributed by atoms with van der Waals surface area (Å²) in [7, 11) is 0. The Morgan fingerprint density at radius 2 is 1.97 bits per heavy atom. The molecule has 3 heterocycles. The highest BCUT2D eigenvalue weighted by molar-refractivity contribution is 7.17. The summed E-state index contributed by atoms with van der Waals surface area (Å²) < 4.78 is 26.1. The van der Waals surface area contributed by atoms with Crippen LogP contribution in [0.5, 0.6) is 0 Å². The molecule has 0 saturated carbocycles. The Labute approximate surface area is 201 Å². The summed E-state index contributed by atoms with van der Waals surface area (Å²) in [6.07, 6.45) is 3.03. The zero-order valence-corrected chi connectivity index (χ0v) is 20.1. The molecule has 0 N–H and O–H groups in total. The van der Waals surface area contributed by atoms with E-state index in [0.717, 1.165) is 39.8 Å². The first-order valence-corrected chi connectivity index (χ1v) is 12.4. The maximum absolute atomic E-state index is 13.7. The molecular formula is C28H26FNO3S. The van der Waals surface area contributed by atoms with Crippen molar-refractivity contribution in [2.24, 2.45) is 0 Å². The third kappa shape index (κ3) is 4.31. The van der Waals surface area contributed by atoms with Gasteiger partial charge in [0.2, 0.25) is 5.43 Å². The van der Waals surface area contributed by atoms with E-state index < -0.39 is 0 Å². The van der Waals surface area contributed by atoms with Gasteiger partial charge in [0.05, 0.1) is 13.2 Å². The topological polar surface area (TPSA) is 42.7 Å². The van der Waals surface area contributed by atoms with Crippen LogP contribution in [0.25, 0.3) is 27.0 Å². The molecule has 4 aromatic rings. The Morgan fingerprint density at radius 3 is 2.74 bits per heavy atom. The molecule has 2 aromatic carbocycles. The van der Waals surface area contributed by atoms with E-state index in [-0.39, 0.29) is 11.2 Å². The number of ether oxygens (including phenoxy) is 1. The second kappa shape index (κ2) is 9.57. The number of allylic oxidation sites excluding steroid dienone is 1. The quantitative estimate of drug-likeness (QED) is 0.324. The molecule has 0 amide bonds. The lowest BCUT2D eigenvalue weighted by Gasteiger charge is -2.27. The first-order valence-electron chi connectivity index (χ1n) is 11.5. The highest BCUT2D eigenvalue weighted by Gasteiger charge is 2.19. The monoisotopic (exact) mass is 475 g/mol. The Bertz CT molecular complexity index is 1430. The average Bonchev–Trinajstić information content (AvgIpc) is 3.28. The number of nitrogens with zero attached hydrogens (tertiary/aromatic N) is 1. The van der Waals surface area contributed by atoms with Gasteiger partial charge in [-0.05, 0) is 59.4 Å². The lowest BCUT2D eigenvalue weighted by atomic mass is 9.92. The number of morpholine rings is 1. The molecule has 1 saturated heterocycles. The van der Waals surface area contributed by atoms with E-state index in [2.05, 4.69) is 30.0 Å². The number of anilines is 1. The van der Waals surface area contributed by atoms with Gasteiger partial charge >= 0.3 is 0 Å². The van der Waals surface area contributed by atoms with Crippen LogP contribution < -0.4 is 10.3 Å². The largest absolute Gasteiger partial charge is 0.439 e. The fourth-order valence-electron chi connectivity index (χ4n) is 4.44. The number of hydrogen-bond acceptors (Lipinski definition) is 5. The SMILES string of the molecule is CC/C=C(\c1cccc(-c2csc3c(=O)cc(N4CCOCC4)oc23)c1)c1ccc(F)cc1C. The lowest BCUT2D eigenvalue weighted by Crippen LogP contribution is -2.36. The van der Waals surface area contributed by atoms with Crippen molar-refractivity contribution in [1.82, 2.24) is 0 Å². The summed E-state index contributed by atoms with van der Waals surface area (Å²) in [5.74, 6) is 0.354. The minimum atomic E-state index is -0.235. The molecule has 0 bridgehead atoms. The summed E-state index contributed by atoms with van der Waals surface area (Å²) in [4.78, 5) is 14.9. The normalized spacial score (nSPS) is 14.7. The lowest BCUT2D eigenvalue weighted by molar-refractivity contribution is 0.121. The van der Waals surface area contributed by atoms with Gasteiger partial charge in [-0.3, -0.25) is 4.79 Å². The van der Waals surface area contributed by atoms with E-state index in [1.807, 2.05) is 30.5 Å². The van der Waals surface area contributed by atoms with E-state index in [9.17, 15) is 9.18 Å². The van der Waals surface area contributed by atoms with Crippen molar-refractivity contribution >= 4 is 33.1 Å². The number of aryl methyl sites for hydroxylation is 1. The van der Waals surface area contributed by atoms with Gasteiger partial charge in [-0.15, -0.1) is 11.3 Å². The van der Waals surface area contributed by atoms with E-state index in [0.29, 0.717) is 42.5 Å². The molecule has 1 aliphatic heterocycles. The number of fused-ring (bicyclic) bond motifs is 1. The van der Waals surface area contributed by atoms with Crippen molar-refractivity contribution < 1.29 is 13.5 Å². The van der Waals surface area contributed by atoms with Crippen LogP contribution in [0.3, 0.4) is 0 Å². The molecule has 0 aliphatic carbocycles. The minimum Gasteiger partial charge on any atom is -0.439 e. The van der Waals surface area contributed by atoms with Crippen LogP contribution in [0.4, 0.5) is 10.3 Å². The van der Waals surface area contributed by atoms with Crippen molar-refractivity contribution in [3.63, 3.8) is 0 Å². The van der Waals surface area contributed by atoms with E-state index >= 15 is 0 Å². The van der Waals surface area contributed by atoms with Crippen LogP contribution in [0.15, 0.2) is 69.2 Å². The zero-order chi connectivity index (χ0) is 23.7. The third-order valence-electron chi connectivity index (χ3n) is 6.12. The second-order valence-electron chi connectivity index (χ2n) is 8.42. The van der Waals surface area contributed by atoms with Gasteiger partial charge in [0.15, 0.2) is 11.5 Å². The van der Waals surface area contributed by atoms with Crippen LogP contribution in [0.1, 0.15) is 30.0 Å². The van der Waals surface area contributed by atoms with Gasteiger partial charge in [-0.2, -0.15) is 0 Å². The molecule has 4 nitrogen and oxygen atoms in total. The van der Waals surface area contributed by atoms with E-state index in [1.54, 1.807) is 12.1 Å². The molecule has 1 aliphatic rings. The summed E-state index contributed by atoms with van der Waals surface area (Å²) in [6.45, 7) is 6.67. The molecule has 0 unspecified atom stereocenters. The van der Waals surface area contributed by atoms with Gasteiger partial charge in [0.25, 0.3) is 0 Å². The average molecular weight is 476 g/mol. The summed E-state index contributed by atoms with van der Waals surface area (Å²) in [5.41, 5.74) is 6.49. The Balaban J connectivity index is 1.60. The first kappa shape index (κ1) is 22.6. The van der Waals surface area contributed by atoms with Gasteiger partial charge in [-0.25, -0.2) is 4.39 Å². The van der Waals surface area contributed by atoms with Gasteiger partial charge in [-0.1, -0.05) is 37.3 Å². The highest BCUT2D eigenvalue weighted by atomic mass is 32.1. The fourth-order valence-corrected chi connectivity index (χ4v) is 5.35. The van der Waals surface area contributed by atoms with Crippen LogP contribution in [-0.2, 0) is 4.74 Å². The predicted octanol–water partition coefficient (Wildman–Crippen LogP) is 6.65. The molecule has 0 spiro atoms. The first-order chi connectivity index (χ1) is 16.5. The summed E-state index contributed by atoms with van der Waals surface area (Å²) in [5, 5.41) is 1.99. The molecule has 2 aromatic heterocycles. The Hall–Kier alpha value is -3.22. The second-order valence-corrected chi connectivity index (χ2v) is 9.30. The number of halogens is 1. The highest BCUT2D eigenvalue weighted by Crippen LogP contribution is 2.37. The van der Waals surface area contributed by atoms with Crippen LogP contribution in [0.2, 0.25) is 0 Å². The maximum atomic E-state index is 13.7. The Morgan fingerprint density at radius 1 is 1.15 bits per heavy atom. The molecule has 0 radical (unpaired) electrons. The standard InChI is InChI=1S/C28H26FNO3S/c1-3-5-23(22-9-8-21(29)14-18(22)2)19-6-4-7-20(15-19)24-17-34-28-25(31)16-26(33-27(24)28)30-10-12-32-13-11-30/h4-9,14-17H,3,10-13H2,1-2H3/b23-5+.